The fraction of sp³-hybridized carbons (Fsp3) is 0.250. The van der Waals surface area contributed by atoms with Crippen LogP contribution in [0.2, 0.25) is 5.02 Å². The van der Waals surface area contributed by atoms with Crippen LogP contribution < -0.4 is 0 Å². The Labute approximate surface area is 123 Å². The molecule has 0 saturated heterocycles. The Kier molecular flexibility index (Phi) is 4.49. The molecule has 0 saturated carbocycles. The van der Waals surface area contributed by atoms with Gasteiger partial charge in [-0.3, -0.25) is 0 Å². The Bertz CT molecular complexity index is 570. The lowest BCUT2D eigenvalue weighted by Crippen LogP contribution is -2.02. The van der Waals surface area contributed by atoms with Crippen molar-refractivity contribution in [3.63, 3.8) is 0 Å². The standard InChI is InChI=1S/C16H15Cl2F/c1-10-6-14(19)7-11(2)16(10)15(18)9-12-4-3-5-13(17)8-12/h3-8,15H,9H2,1-2H3. The van der Waals surface area contributed by atoms with Crippen LogP contribution in [0.4, 0.5) is 4.39 Å². The molecule has 0 aliphatic carbocycles. The van der Waals surface area contributed by atoms with Crippen molar-refractivity contribution in [2.24, 2.45) is 0 Å². The number of rotatable bonds is 3. The molecule has 100 valence electrons. The maximum absolute atomic E-state index is 13.3. The quantitative estimate of drug-likeness (QED) is 0.645. The van der Waals surface area contributed by atoms with Crippen LogP contribution in [0.1, 0.15) is 27.6 Å². The van der Waals surface area contributed by atoms with Gasteiger partial charge in [0, 0.05) is 5.02 Å². The molecular weight excluding hydrogens is 282 g/mol. The number of hydrogen-bond acceptors (Lipinski definition) is 0. The molecule has 0 fully saturated rings. The van der Waals surface area contributed by atoms with Gasteiger partial charge in [-0.2, -0.15) is 0 Å². The van der Waals surface area contributed by atoms with Gasteiger partial charge in [-0.25, -0.2) is 4.39 Å². The number of aryl methyl sites for hydroxylation is 2. The molecule has 0 N–H and O–H groups in total. The van der Waals surface area contributed by atoms with E-state index in [9.17, 15) is 4.39 Å². The lowest BCUT2D eigenvalue weighted by atomic mass is 9.96. The van der Waals surface area contributed by atoms with E-state index in [2.05, 4.69) is 0 Å². The second kappa shape index (κ2) is 5.94. The van der Waals surface area contributed by atoms with Crippen LogP contribution in [-0.4, -0.2) is 0 Å². The SMILES string of the molecule is Cc1cc(F)cc(C)c1C(Cl)Cc1cccc(Cl)c1. The van der Waals surface area contributed by atoms with E-state index in [4.69, 9.17) is 23.2 Å². The molecule has 3 heteroatoms. The zero-order valence-corrected chi connectivity index (χ0v) is 12.4. The van der Waals surface area contributed by atoms with Crippen molar-refractivity contribution < 1.29 is 4.39 Å². The van der Waals surface area contributed by atoms with E-state index in [1.54, 1.807) is 0 Å². The molecule has 1 atom stereocenters. The van der Waals surface area contributed by atoms with Crippen molar-refractivity contribution in [3.05, 3.63) is 69.5 Å². The molecular formula is C16H15Cl2F. The Morgan fingerprint density at radius 1 is 1.11 bits per heavy atom. The van der Waals surface area contributed by atoms with Crippen LogP contribution in [0.15, 0.2) is 36.4 Å². The van der Waals surface area contributed by atoms with Gasteiger partial charge in [-0.15, -0.1) is 11.6 Å². The third-order valence-electron chi connectivity index (χ3n) is 3.18. The number of benzene rings is 2. The summed E-state index contributed by atoms with van der Waals surface area (Å²) >= 11 is 12.5. The first-order chi connectivity index (χ1) is 8.97. The summed E-state index contributed by atoms with van der Waals surface area (Å²) in [6, 6.07) is 10.7. The average molecular weight is 297 g/mol. The summed E-state index contributed by atoms with van der Waals surface area (Å²) in [5.41, 5.74) is 3.86. The van der Waals surface area contributed by atoms with E-state index < -0.39 is 0 Å². The molecule has 0 heterocycles. The molecule has 19 heavy (non-hydrogen) atoms. The molecule has 0 nitrogen and oxygen atoms in total. The van der Waals surface area contributed by atoms with Crippen molar-refractivity contribution in [1.29, 1.82) is 0 Å². The highest BCUT2D eigenvalue weighted by Crippen LogP contribution is 2.31. The topological polar surface area (TPSA) is 0 Å². The first kappa shape index (κ1) is 14.4. The minimum atomic E-state index is -0.217. The summed E-state index contributed by atoms with van der Waals surface area (Å²) in [5.74, 6) is -0.217. The molecule has 0 amide bonds. The molecule has 1 unspecified atom stereocenters. The van der Waals surface area contributed by atoms with Crippen molar-refractivity contribution in [3.8, 4) is 0 Å². The Morgan fingerprint density at radius 2 is 1.74 bits per heavy atom. The summed E-state index contributed by atoms with van der Waals surface area (Å²) < 4.78 is 13.3. The highest BCUT2D eigenvalue weighted by Gasteiger charge is 2.15. The fourth-order valence-corrected chi connectivity index (χ4v) is 3.12. The van der Waals surface area contributed by atoms with Crippen molar-refractivity contribution >= 4 is 23.2 Å². The van der Waals surface area contributed by atoms with Crippen molar-refractivity contribution in [1.82, 2.24) is 0 Å². The molecule has 2 rings (SSSR count). The number of halogens is 3. The molecule has 0 aliphatic rings. The second-order valence-electron chi connectivity index (χ2n) is 4.75. The zero-order valence-electron chi connectivity index (χ0n) is 10.9. The average Bonchev–Trinajstić information content (AvgIpc) is 2.27. The molecule has 2 aromatic rings. The van der Waals surface area contributed by atoms with Gasteiger partial charge >= 0.3 is 0 Å². The van der Waals surface area contributed by atoms with Crippen molar-refractivity contribution in [2.45, 2.75) is 25.6 Å². The summed E-state index contributed by atoms with van der Waals surface area (Å²) in [4.78, 5) is 0. The van der Waals surface area contributed by atoms with Crippen LogP contribution in [-0.2, 0) is 6.42 Å². The molecule has 0 aromatic heterocycles. The molecule has 0 bridgehead atoms. The normalized spacial score (nSPS) is 12.5. The van der Waals surface area contributed by atoms with Gasteiger partial charge in [-0.05, 0) is 66.8 Å². The predicted molar refractivity (Wildman–Crippen MR) is 79.6 cm³/mol. The van der Waals surface area contributed by atoms with Crippen LogP contribution >= 0.6 is 23.2 Å². The van der Waals surface area contributed by atoms with Crippen LogP contribution in [0.25, 0.3) is 0 Å². The molecule has 0 aliphatic heterocycles. The van der Waals surface area contributed by atoms with Crippen LogP contribution in [0, 0.1) is 19.7 Å². The Balaban J connectivity index is 2.28. The predicted octanol–water partition coefficient (Wildman–Crippen LogP) is 5.62. The number of alkyl halides is 1. The summed E-state index contributed by atoms with van der Waals surface area (Å²) in [6.07, 6.45) is 0.676. The molecule has 0 radical (unpaired) electrons. The lowest BCUT2D eigenvalue weighted by Gasteiger charge is -2.16. The first-order valence-corrected chi connectivity index (χ1v) is 6.94. The van der Waals surface area contributed by atoms with Crippen LogP contribution in [0.5, 0.6) is 0 Å². The van der Waals surface area contributed by atoms with Gasteiger partial charge in [0.2, 0.25) is 0 Å². The zero-order chi connectivity index (χ0) is 14.0. The Morgan fingerprint density at radius 3 is 2.32 bits per heavy atom. The largest absolute Gasteiger partial charge is 0.207 e. The molecule has 2 aromatic carbocycles. The van der Waals surface area contributed by atoms with Gasteiger partial charge in [0.15, 0.2) is 0 Å². The highest BCUT2D eigenvalue weighted by molar-refractivity contribution is 6.30. The fourth-order valence-electron chi connectivity index (χ4n) is 2.39. The lowest BCUT2D eigenvalue weighted by molar-refractivity contribution is 0.623. The Hall–Kier alpha value is -1.05. The maximum atomic E-state index is 13.3. The van der Waals surface area contributed by atoms with Gasteiger partial charge in [0.25, 0.3) is 0 Å². The van der Waals surface area contributed by atoms with Gasteiger partial charge in [0.05, 0.1) is 5.38 Å². The van der Waals surface area contributed by atoms with E-state index in [0.29, 0.717) is 11.4 Å². The minimum absolute atomic E-state index is 0.181. The van der Waals surface area contributed by atoms with E-state index in [-0.39, 0.29) is 11.2 Å². The van der Waals surface area contributed by atoms with E-state index in [1.165, 1.54) is 12.1 Å². The van der Waals surface area contributed by atoms with Crippen molar-refractivity contribution in [2.75, 3.05) is 0 Å². The summed E-state index contributed by atoms with van der Waals surface area (Å²) in [5, 5.41) is 0.521. The maximum Gasteiger partial charge on any atom is 0.123 e. The van der Waals surface area contributed by atoms with Gasteiger partial charge < -0.3 is 0 Å². The van der Waals surface area contributed by atoms with E-state index in [0.717, 1.165) is 22.3 Å². The third-order valence-corrected chi connectivity index (χ3v) is 3.78. The summed E-state index contributed by atoms with van der Waals surface area (Å²) in [6.45, 7) is 3.78. The third kappa shape index (κ3) is 3.49. The van der Waals surface area contributed by atoms with Gasteiger partial charge in [-0.1, -0.05) is 23.7 Å². The summed E-state index contributed by atoms with van der Waals surface area (Å²) in [7, 11) is 0. The molecule has 0 spiro atoms. The van der Waals surface area contributed by atoms with Crippen LogP contribution in [0.3, 0.4) is 0 Å². The second-order valence-corrected chi connectivity index (χ2v) is 5.72. The monoisotopic (exact) mass is 296 g/mol. The highest BCUT2D eigenvalue weighted by atomic mass is 35.5. The number of hydrogen-bond donors (Lipinski definition) is 0. The first-order valence-electron chi connectivity index (χ1n) is 6.12. The minimum Gasteiger partial charge on any atom is -0.207 e. The van der Waals surface area contributed by atoms with Gasteiger partial charge in [0.1, 0.15) is 5.82 Å². The smallest absolute Gasteiger partial charge is 0.123 e. The van der Waals surface area contributed by atoms with E-state index >= 15 is 0 Å². The van der Waals surface area contributed by atoms with E-state index in [1.807, 2.05) is 38.1 Å².